The zero-order valence-corrected chi connectivity index (χ0v) is 7.88. The number of rotatable bonds is 3. The summed E-state index contributed by atoms with van der Waals surface area (Å²) in [5, 5.41) is 0. The summed E-state index contributed by atoms with van der Waals surface area (Å²) in [7, 11) is 0. The first-order valence-corrected chi connectivity index (χ1v) is 4.15. The lowest BCUT2D eigenvalue weighted by atomic mass is 10.2. The molecule has 0 fully saturated rings. The Morgan fingerprint density at radius 2 is 2.00 bits per heavy atom. The van der Waals surface area contributed by atoms with E-state index in [-0.39, 0.29) is 17.4 Å². The van der Waals surface area contributed by atoms with Crippen LogP contribution in [0.25, 0.3) is 0 Å². The standard InChI is InChI=1S/C10H10F2O2/c1-6(2)14-9-4-7(5-13)3-8(11)10(9)12/h3-6H,1-2H3. The van der Waals surface area contributed by atoms with Gasteiger partial charge in [0, 0.05) is 5.56 Å². The monoisotopic (exact) mass is 200 g/mol. The highest BCUT2D eigenvalue weighted by molar-refractivity contribution is 5.75. The van der Waals surface area contributed by atoms with Crippen LogP contribution in [0.5, 0.6) is 5.75 Å². The maximum atomic E-state index is 13.1. The Hall–Kier alpha value is -1.45. The fraction of sp³-hybridized carbons (Fsp3) is 0.300. The zero-order chi connectivity index (χ0) is 10.7. The number of benzene rings is 1. The third kappa shape index (κ3) is 2.28. The molecule has 0 unspecified atom stereocenters. The highest BCUT2D eigenvalue weighted by Gasteiger charge is 2.12. The molecule has 0 saturated heterocycles. The number of hydrogen-bond acceptors (Lipinski definition) is 2. The third-order valence-electron chi connectivity index (χ3n) is 1.52. The summed E-state index contributed by atoms with van der Waals surface area (Å²) >= 11 is 0. The van der Waals surface area contributed by atoms with E-state index in [4.69, 9.17) is 4.74 Å². The van der Waals surface area contributed by atoms with Crippen LogP contribution in [-0.2, 0) is 0 Å². The predicted molar refractivity (Wildman–Crippen MR) is 47.5 cm³/mol. The molecule has 0 radical (unpaired) electrons. The van der Waals surface area contributed by atoms with Crippen LogP contribution >= 0.6 is 0 Å². The van der Waals surface area contributed by atoms with Crippen LogP contribution in [0.4, 0.5) is 8.78 Å². The van der Waals surface area contributed by atoms with E-state index in [0.717, 1.165) is 6.07 Å². The summed E-state index contributed by atoms with van der Waals surface area (Å²) in [4.78, 5) is 10.4. The molecule has 1 aromatic rings. The fourth-order valence-corrected chi connectivity index (χ4v) is 0.992. The molecule has 2 nitrogen and oxygen atoms in total. The van der Waals surface area contributed by atoms with E-state index in [1.165, 1.54) is 6.07 Å². The highest BCUT2D eigenvalue weighted by atomic mass is 19.2. The minimum absolute atomic E-state index is 0.0551. The summed E-state index contributed by atoms with van der Waals surface area (Å²) in [5.41, 5.74) is 0.0551. The van der Waals surface area contributed by atoms with Gasteiger partial charge in [0.05, 0.1) is 6.10 Å². The Balaban J connectivity index is 3.13. The largest absolute Gasteiger partial charge is 0.488 e. The van der Waals surface area contributed by atoms with E-state index in [2.05, 4.69) is 0 Å². The Labute approximate surface area is 80.5 Å². The first-order chi connectivity index (χ1) is 6.54. The fourth-order valence-electron chi connectivity index (χ4n) is 0.992. The van der Waals surface area contributed by atoms with E-state index in [1.807, 2.05) is 0 Å². The summed E-state index contributed by atoms with van der Waals surface area (Å²) in [6, 6.07) is 2.00. The van der Waals surface area contributed by atoms with Crippen LogP contribution in [0.2, 0.25) is 0 Å². The molecule has 0 aromatic heterocycles. The molecule has 0 aliphatic carbocycles. The van der Waals surface area contributed by atoms with E-state index in [0.29, 0.717) is 6.29 Å². The number of aldehydes is 1. The van der Waals surface area contributed by atoms with Crippen molar-refractivity contribution in [3.63, 3.8) is 0 Å². The molecular formula is C10H10F2O2. The van der Waals surface area contributed by atoms with Gasteiger partial charge in [0.2, 0.25) is 5.82 Å². The average Bonchev–Trinajstić information content (AvgIpc) is 2.11. The molecule has 1 aromatic carbocycles. The molecule has 14 heavy (non-hydrogen) atoms. The van der Waals surface area contributed by atoms with Crippen molar-refractivity contribution in [2.75, 3.05) is 0 Å². The van der Waals surface area contributed by atoms with Crippen molar-refractivity contribution in [3.8, 4) is 5.75 Å². The molecule has 0 aliphatic heterocycles. The van der Waals surface area contributed by atoms with Crippen LogP contribution in [0.15, 0.2) is 12.1 Å². The van der Waals surface area contributed by atoms with Crippen molar-refractivity contribution in [1.29, 1.82) is 0 Å². The average molecular weight is 200 g/mol. The molecule has 0 spiro atoms. The minimum Gasteiger partial charge on any atom is -0.488 e. The second kappa shape index (κ2) is 4.17. The van der Waals surface area contributed by atoms with Gasteiger partial charge in [-0.15, -0.1) is 0 Å². The summed E-state index contributed by atoms with van der Waals surface area (Å²) in [6.45, 7) is 3.37. The highest BCUT2D eigenvalue weighted by Crippen LogP contribution is 2.22. The van der Waals surface area contributed by atoms with Crippen LogP contribution < -0.4 is 4.74 Å². The zero-order valence-electron chi connectivity index (χ0n) is 7.88. The van der Waals surface area contributed by atoms with Crippen LogP contribution in [0, 0.1) is 11.6 Å². The molecule has 4 heteroatoms. The minimum atomic E-state index is -1.08. The van der Waals surface area contributed by atoms with Gasteiger partial charge in [0.25, 0.3) is 0 Å². The second-order valence-corrected chi connectivity index (χ2v) is 3.10. The maximum absolute atomic E-state index is 13.1. The molecule has 0 saturated carbocycles. The maximum Gasteiger partial charge on any atom is 0.200 e. The van der Waals surface area contributed by atoms with E-state index in [1.54, 1.807) is 13.8 Å². The van der Waals surface area contributed by atoms with Crippen LogP contribution in [0.1, 0.15) is 24.2 Å². The van der Waals surface area contributed by atoms with Crippen molar-refractivity contribution < 1.29 is 18.3 Å². The third-order valence-corrected chi connectivity index (χ3v) is 1.52. The van der Waals surface area contributed by atoms with Crippen molar-refractivity contribution in [1.82, 2.24) is 0 Å². The number of ether oxygens (including phenoxy) is 1. The Morgan fingerprint density at radius 3 is 2.50 bits per heavy atom. The van der Waals surface area contributed by atoms with Crippen molar-refractivity contribution >= 4 is 6.29 Å². The number of hydrogen-bond donors (Lipinski definition) is 0. The Bertz CT molecular complexity index is 348. The molecule has 1 rings (SSSR count). The van der Waals surface area contributed by atoms with Gasteiger partial charge in [-0.2, -0.15) is 4.39 Å². The first kappa shape index (κ1) is 10.6. The SMILES string of the molecule is CC(C)Oc1cc(C=O)cc(F)c1F. The van der Waals surface area contributed by atoms with Crippen molar-refractivity contribution in [2.45, 2.75) is 20.0 Å². The summed E-state index contributed by atoms with van der Waals surface area (Å²) in [6.07, 6.45) is 0.168. The number of carbonyl (C=O) groups is 1. The lowest BCUT2D eigenvalue weighted by molar-refractivity contribution is 0.112. The van der Waals surface area contributed by atoms with E-state index < -0.39 is 11.6 Å². The quantitative estimate of drug-likeness (QED) is 0.701. The molecule has 0 heterocycles. The van der Waals surface area contributed by atoms with Gasteiger partial charge < -0.3 is 4.74 Å². The molecule has 0 aliphatic rings. The van der Waals surface area contributed by atoms with E-state index in [9.17, 15) is 13.6 Å². The topological polar surface area (TPSA) is 26.3 Å². The molecule has 0 bridgehead atoms. The van der Waals surface area contributed by atoms with Gasteiger partial charge in [0.1, 0.15) is 6.29 Å². The summed E-state index contributed by atoms with van der Waals surface area (Å²) < 4.78 is 30.9. The second-order valence-electron chi connectivity index (χ2n) is 3.10. The normalized spacial score (nSPS) is 10.4. The molecular weight excluding hydrogens is 190 g/mol. The molecule has 76 valence electrons. The van der Waals surface area contributed by atoms with Crippen LogP contribution in [0.3, 0.4) is 0 Å². The Kier molecular flexibility index (Phi) is 3.17. The molecule has 0 N–H and O–H groups in total. The summed E-state index contributed by atoms with van der Waals surface area (Å²) in [5.74, 6) is -2.38. The Morgan fingerprint density at radius 1 is 1.36 bits per heavy atom. The van der Waals surface area contributed by atoms with Gasteiger partial charge in [-0.3, -0.25) is 4.79 Å². The molecule has 0 amide bonds. The van der Waals surface area contributed by atoms with Gasteiger partial charge >= 0.3 is 0 Å². The number of halogens is 2. The lowest BCUT2D eigenvalue weighted by Crippen LogP contribution is -2.08. The van der Waals surface area contributed by atoms with Crippen molar-refractivity contribution in [2.24, 2.45) is 0 Å². The van der Waals surface area contributed by atoms with Gasteiger partial charge in [-0.1, -0.05) is 0 Å². The lowest BCUT2D eigenvalue weighted by Gasteiger charge is -2.11. The predicted octanol–water partition coefficient (Wildman–Crippen LogP) is 2.56. The van der Waals surface area contributed by atoms with Gasteiger partial charge in [-0.05, 0) is 26.0 Å². The first-order valence-electron chi connectivity index (χ1n) is 4.15. The smallest absolute Gasteiger partial charge is 0.200 e. The molecule has 0 atom stereocenters. The van der Waals surface area contributed by atoms with Gasteiger partial charge in [0.15, 0.2) is 11.6 Å². The van der Waals surface area contributed by atoms with Crippen molar-refractivity contribution in [3.05, 3.63) is 29.3 Å². The number of carbonyl (C=O) groups excluding carboxylic acids is 1. The van der Waals surface area contributed by atoms with Crippen LogP contribution in [-0.4, -0.2) is 12.4 Å². The van der Waals surface area contributed by atoms with Gasteiger partial charge in [-0.25, -0.2) is 4.39 Å². The van der Waals surface area contributed by atoms with E-state index >= 15 is 0 Å².